The van der Waals surface area contributed by atoms with Crippen LogP contribution in [0, 0.1) is 10.1 Å². The highest BCUT2D eigenvalue weighted by Crippen LogP contribution is 2.20. The summed E-state index contributed by atoms with van der Waals surface area (Å²) in [6.07, 6.45) is 0. The number of hydrogen-bond acceptors (Lipinski definition) is 5. The number of hydrogen-bond donors (Lipinski definition) is 3. The summed E-state index contributed by atoms with van der Waals surface area (Å²) < 4.78 is 0. The van der Waals surface area contributed by atoms with Crippen molar-refractivity contribution >= 4 is 17.6 Å². The van der Waals surface area contributed by atoms with Gasteiger partial charge in [-0.25, -0.2) is 4.79 Å². The average molecular weight is 282 g/mol. The Morgan fingerprint density at radius 3 is 2.60 bits per heavy atom. The van der Waals surface area contributed by atoms with Crippen LogP contribution in [0.4, 0.5) is 5.69 Å². The van der Waals surface area contributed by atoms with Gasteiger partial charge in [-0.05, 0) is 12.5 Å². The molecule has 0 aliphatic heterocycles. The summed E-state index contributed by atoms with van der Waals surface area (Å²) in [5.41, 5.74) is 0.234. The van der Waals surface area contributed by atoms with E-state index in [-0.39, 0.29) is 5.69 Å². The van der Waals surface area contributed by atoms with Crippen LogP contribution in [-0.2, 0) is 9.59 Å². The van der Waals surface area contributed by atoms with Crippen LogP contribution in [0.5, 0.6) is 0 Å². The molecule has 0 saturated carbocycles. The number of carbonyl (C=O) groups excluding carboxylic acids is 1. The van der Waals surface area contributed by atoms with Crippen molar-refractivity contribution in [1.82, 2.24) is 5.32 Å². The van der Waals surface area contributed by atoms with Crippen LogP contribution in [-0.4, -0.2) is 39.7 Å². The van der Waals surface area contributed by atoms with Crippen molar-refractivity contribution in [2.45, 2.75) is 18.9 Å². The van der Waals surface area contributed by atoms with E-state index >= 15 is 0 Å². The minimum absolute atomic E-state index is 0.154. The molecule has 1 unspecified atom stereocenters. The summed E-state index contributed by atoms with van der Waals surface area (Å²) in [5.74, 6) is -2.76. The maximum Gasteiger partial charge on any atom is 0.328 e. The van der Waals surface area contributed by atoms with Crippen LogP contribution in [0.1, 0.15) is 18.4 Å². The topological polar surface area (TPSA) is 130 Å². The van der Waals surface area contributed by atoms with Gasteiger partial charge in [0.2, 0.25) is 5.91 Å². The number of carboxylic acid groups (broad SMARTS) is 1. The SMILES string of the molecule is CC(C(=O)N[C@H](CO)C(=O)O)c1cccc([N+](=O)[O-])c1. The fourth-order valence-electron chi connectivity index (χ4n) is 1.54. The Balaban J connectivity index is 2.86. The molecule has 0 aliphatic rings. The predicted octanol–water partition coefficient (Wildman–Crippen LogP) is 0.260. The summed E-state index contributed by atoms with van der Waals surface area (Å²) in [4.78, 5) is 32.6. The van der Waals surface area contributed by atoms with Crippen LogP contribution in [0.2, 0.25) is 0 Å². The predicted molar refractivity (Wildman–Crippen MR) is 68.2 cm³/mol. The second kappa shape index (κ2) is 6.62. The minimum atomic E-state index is -1.40. The molecule has 0 heterocycles. The first-order chi connectivity index (χ1) is 9.36. The number of aliphatic hydroxyl groups is 1. The first-order valence-electron chi connectivity index (χ1n) is 5.75. The molecule has 0 fully saturated rings. The first kappa shape index (κ1) is 15.6. The van der Waals surface area contributed by atoms with Gasteiger partial charge in [0.1, 0.15) is 6.04 Å². The molecule has 2 atom stereocenters. The lowest BCUT2D eigenvalue weighted by Gasteiger charge is -2.16. The number of amides is 1. The van der Waals surface area contributed by atoms with Gasteiger partial charge in [0.15, 0.2) is 0 Å². The van der Waals surface area contributed by atoms with Crippen LogP contribution in [0.15, 0.2) is 24.3 Å². The summed E-state index contributed by atoms with van der Waals surface area (Å²) in [5, 5.41) is 30.4. The molecule has 20 heavy (non-hydrogen) atoms. The van der Waals surface area contributed by atoms with Gasteiger partial charge in [-0.2, -0.15) is 0 Å². The van der Waals surface area contributed by atoms with E-state index < -0.39 is 35.4 Å². The van der Waals surface area contributed by atoms with E-state index in [1.807, 2.05) is 0 Å². The molecule has 1 aromatic carbocycles. The summed E-state index contributed by atoms with van der Waals surface area (Å²) in [7, 11) is 0. The number of nitro benzene ring substituents is 1. The molecule has 0 aromatic heterocycles. The van der Waals surface area contributed by atoms with Gasteiger partial charge in [0.25, 0.3) is 5.69 Å². The Labute approximate surface area is 114 Å². The normalized spacial score (nSPS) is 13.3. The Kier molecular flexibility index (Phi) is 5.15. The van der Waals surface area contributed by atoms with Crippen molar-refractivity contribution in [3.63, 3.8) is 0 Å². The monoisotopic (exact) mass is 282 g/mol. The highest BCUT2D eigenvalue weighted by molar-refractivity contribution is 5.88. The molecule has 1 rings (SSSR count). The Bertz CT molecular complexity index is 530. The highest BCUT2D eigenvalue weighted by atomic mass is 16.6. The fraction of sp³-hybridized carbons (Fsp3) is 0.333. The molecule has 0 aliphatic carbocycles. The standard InChI is InChI=1S/C12H14N2O6/c1-7(11(16)13-10(6-15)12(17)18)8-3-2-4-9(5-8)14(19)20/h2-5,7,10,15H,6H2,1H3,(H,13,16)(H,17,18)/t7?,10-/m1/s1. The zero-order valence-electron chi connectivity index (χ0n) is 10.6. The molecular weight excluding hydrogens is 268 g/mol. The van der Waals surface area contributed by atoms with Gasteiger partial charge in [0.05, 0.1) is 17.4 Å². The smallest absolute Gasteiger partial charge is 0.328 e. The first-order valence-corrected chi connectivity index (χ1v) is 5.75. The zero-order chi connectivity index (χ0) is 15.3. The third-order valence-electron chi connectivity index (χ3n) is 2.77. The number of carbonyl (C=O) groups is 2. The van der Waals surface area contributed by atoms with Gasteiger partial charge in [-0.15, -0.1) is 0 Å². The molecule has 0 saturated heterocycles. The molecule has 1 aromatic rings. The largest absolute Gasteiger partial charge is 0.480 e. The Morgan fingerprint density at radius 1 is 1.45 bits per heavy atom. The van der Waals surface area contributed by atoms with Crippen molar-refractivity contribution in [2.24, 2.45) is 0 Å². The van der Waals surface area contributed by atoms with Crippen molar-refractivity contribution in [3.05, 3.63) is 39.9 Å². The summed E-state index contributed by atoms with van der Waals surface area (Å²) in [6, 6.07) is 4.12. The Morgan fingerprint density at radius 2 is 2.10 bits per heavy atom. The number of nitrogens with zero attached hydrogens (tertiary/aromatic N) is 1. The Hall–Kier alpha value is -2.48. The van der Waals surface area contributed by atoms with E-state index in [1.165, 1.54) is 31.2 Å². The molecule has 1 amide bonds. The van der Waals surface area contributed by atoms with Crippen LogP contribution < -0.4 is 5.32 Å². The number of nitro groups is 1. The molecule has 3 N–H and O–H groups in total. The van der Waals surface area contributed by atoms with Crippen molar-refractivity contribution in [2.75, 3.05) is 6.61 Å². The lowest BCUT2D eigenvalue weighted by molar-refractivity contribution is -0.384. The number of carboxylic acids is 1. The van der Waals surface area contributed by atoms with E-state index in [9.17, 15) is 19.7 Å². The molecule has 0 radical (unpaired) electrons. The molecule has 108 valence electrons. The number of nitrogens with one attached hydrogen (secondary N) is 1. The van der Waals surface area contributed by atoms with Gasteiger partial charge in [0, 0.05) is 12.1 Å². The second-order valence-corrected chi connectivity index (χ2v) is 4.16. The summed E-state index contributed by atoms with van der Waals surface area (Å²) >= 11 is 0. The van der Waals surface area contributed by atoms with Gasteiger partial charge < -0.3 is 15.5 Å². The number of aliphatic hydroxyl groups excluding tert-OH is 1. The van der Waals surface area contributed by atoms with Gasteiger partial charge >= 0.3 is 5.97 Å². The molecule has 8 nitrogen and oxygen atoms in total. The quantitative estimate of drug-likeness (QED) is 0.507. The van der Waals surface area contributed by atoms with Crippen molar-refractivity contribution < 1.29 is 24.7 Å². The van der Waals surface area contributed by atoms with Crippen LogP contribution in [0.3, 0.4) is 0 Å². The van der Waals surface area contributed by atoms with Gasteiger partial charge in [-0.1, -0.05) is 12.1 Å². The van der Waals surface area contributed by atoms with Crippen LogP contribution >= 0.6 is 0 Å². The average Bonchev–Trinajstić information content (AvgIpc) is 2.43. The third kappa shape index (κ3) is 3.75. The number of aliphatic carboxylic acids is 1. The van der Waals surface area contributed by atoms with E-state index in [4.69, 9.17) is 10.2 Å². The number of non-ortho nitro benzene ring substituents is 1. The maximum atomic E-state index is 11.8. The van der Waals surface area contributed by atoms with E-state index in [2.05, 4.69) is 5.32 Å². The maximum absolute atomic E-state index is 11.8. The molecule has 8 heteroatoms. The lowest BCUT2D eigenvalue weighted by Crippen LogP contribution is -2.44. The number of benzene rings is 1. The third-order valence-corrected chi connectivity index (χ3v) is 2.77. The summed E-state index contributed by atoms with van der Waals surface area (Å²) in [6.45, 7) is 0.757. The number of rotatable bonds is 6. The van der Waals surface area contributed by atoms with Crippen molar-refractivity contribution in [1.29, 1.82) is 0 Å². The fourth-order valence-corrected chi connectivity index (χ4v) is 1.54. The molecule has 0 bridgehead atoms. The van der Waals surface area contributed by atoms with E-state index in [0.29, 0.717) is 5.56 Å². The second-order valence-electron chi connectivity index (χ2n) is 4.16. The molecule has 0 spiro atoms. The minimum Gasteiger partial charge on any atom is -0.480 e. The highest BCUT2D eigenvalue weighted by Gasteiger charge is 2.23. The van der Waals surface area contributed by atoms with Gasteiger partial charge in [-0.3, -0.25) is 14.9 Å². The molecular formula is C12H14N2O6. The zero-order valence-corrected chi connectivity index (χ0v) is 10.6. The lowest BCUT2D eigenvalue weighted by atomic mass is 9.99. The van der Waals surface area contributed by atoms with E-state index in [1.54, 1.807) is 0 Å². The van der Waals surface area contributed by atoms with Crippen LogP contribution in [0.25, 0.3) is 0 Å². The van der Waals surface area contributed by atoms with Crippen molar-refractivity contribution in [3.8, 4) is 0 Å². The van der Waals surface area contributed by atoms with E-state index in [0.717, 1.165) is 0 Å².